The summed E-state index contributed by atoms with van der Waals surface area (Å²) in [6.07, 6.45) is 4.04. The molecule has 2 aromatic heterocycles. The predicted octanol–water partition coefficient (Wildman–Crippen LogP) is 2.87. The van der Waals surface area contributed by atoms with Gasteiger partial charge < -0.3 is 9.67 Å². The van der Waals surface area contributed by atoms with E-state index in [2.05, 4.69) is 31.8 Å². The molecule has 0 aliphatic carbocycles. The van der Waals surface area contributed by atoms with Crippen molar-refractivity contribution in [3.8, 4) is 11.8 Å². The van der Waals surface area contributed by atoms with Gasteiger partial charge in [0.1, 0.15) is 23.2 Å². The van der Waals surface area contributed by atoms with Gasteiger partial charge in [0.05, 0.1) is 11.4 Å². The summed E-state index contributed by atoms with van der Waals surface area (Å²) in [6.45, 7) is 2.74. The van der Waals surface area contributed by atoms with Crippen LogP contribution in [0.2, 0.25) is 0 Å². The Labute approximate surface area is 172 Å². The first-order valence-electron chi connectivity index (χ1n) is 9.41. The average molecular weight is 408 g/mol. The number of fused-ring (bicyclic) bond motifs is 1. The zero-order valence-electron chi connectivity index (χ0n) is 16.0. The minimum Gasteiger partial charge on any atom is -0.510 e. The third-order valence-corrected chi connectivity index (χ3v) is 5.79. The minimum atomic E-state index is -0.0590. The van der Waals surface area contributed by atoms with Gasteiger partial charge in [0.25, 0.3) is 0 Å². The van der Waals surface area contributed by atoms with E-state index in [0.29, 0.717) is 11.0 Å². The molecule has 0 amide bonds. The molecule has 148 valence electrons. The first-order chi connectivity index (χ1) is 14.2. The summed E-state index contributed by atoms with van der Waals surface area (Å²) in [5.74, 6) is 1.39. The molecular weight excluding hydrogens is 388 g/mol. The highest BCUT2D eigenvalue weighted by Crippen LogP contribution is 2.26. The van der Waals surface area contributed by atoms with Gasteiger partial charge in [-0.2, -0.15) is 9.94 Å². The van der Waals surface area contributed by atoms with Crippen molar-refractivity contribution in [2.24, 2.45) is 0 Å². The molecule has 0 bridgehead atoms. The van der Waals surface area contributed by atoms with Crippen molar-refractivity contribution in [3.05, 3.63) is 47.2 Å². The summed E-state index contributed by atoms with van der Waals surface area (Å²) in [6, 6.07) is 9.87. The van der Waals surface area contributed by atoms with Crippen LogP contribution in [-0.4, -0.2) is 45.8 Å². The van der Waals surface area contributed by atoms with Crippen molar-refractivity contribution in [1.82, 2.24) is 35.0 Å². The van der Waals surface area contributed by atoms with Crippen molar-refractivity contribution < 1.29 is 5.11 Å². The molecule has 0 fully saturated rings. The Morgan fingerprint density at radius 2 is 2.07 bits per heavy atom. The van der Waals surface area contributed by atoms with Gasteiger partial charge >= 0.3 is 0 Å². The number of benzene rings is 1. The molecule has 0 radical (unpaired) electrons. The normalized spacial score (nSPS) is 14.6. The average Bonchev–Trinajstić information content (AvgIpc) is 3.28. The maximum Gasteiger partial charge on any atom is 0.214 e. The van der Waals surface area contributed by atoms with Crippen molar-refractivity contribution in [1.29, 1.82) is 5.26 Å². The lowest BCUT2D eigenvalue weighted by Gasteiger charge is -2.09. The molecular formula is C19H20N8OS. The van der Waals surface area contributed by atoms with Crippen LogP contribution in [0, 0.1) is 18.3 Å². The van der Waals surface area contributed by atoms with Crippen molar-refractivity contribution >= 4 is 17.3 Å². The van der Waals surface area contributed by atoms with Crippen molar-refractivity contribution in [3.63, 3.8) is 0 Å². The van der Waals surface area contributed by atoms with E-state index in [1.807, 2.05) is 35.8 Å². The van der Waals surface area contributed by atoms with Crippen LogP contribution in [0.3, 0.4) is 0 Å². The molecule has 0 saturated carbocycles. The Morgan fingerprint density at radius 1 is 1.21 bits per heavy atom. The van der Waals surface area contributed by atoms with Crippen LogP contribution in [0.25, 0.3) is 11.3 Å². The third-order valence-electron chi connectivity index (χ3n) is 4.86. The summed E-state index contributed by atoms with van der Waals surface area (Å²) < 4.78 is 3.58. The van der Waals surface area contributed by atoms with Crippen LogP contribution < -0.4 is 0 Å². The Balaban J connectivity index is 1.58. The smallest absolute Gasteiger partial charge is 0.214 e. The second-order valence-electron chi connectivity index (χ2n) is 6.78. The lowest BCUT2D eigenvalue weighted by atomic mass is 10.2. The largest absolute Gasteiger partial charge is 0.510 e. The van der Waals surface area contributed by atoms with E-state index < -0.39 is 0 Å². The highest BCUT2D eigenvalue weighted by molar-refractivity contribution is 7.99. The molecule has 10 heteroatoms. The van der Waals surface area contributed by atoms with E-state index in [1.165, 1.54) is 11.8 Å². The van der Waals surface area contributed by atoms with Gasteiger partial charge in [0.2, 0.25) is 5.16 Å². The van der Waals surface area contributed by atoms with E-state index in [-0.39, 0.29) is 17.1 Å². The molecule has 1 aliphatic rings. The Bertz CT molecular complexity index is 1090. The summed E-state index contributed by atoms with van der Waals surface area (Å²) in [4.78, 5) is 0. The van der Waals surface area contributed by atoms with Gasteiger partial charge in [-0.25, -0.2) is 0 Å². The van der Waals surface area contributed by atoms with Gasteiger partial charge in [0, 0.05) is 13.0 Å². The topological polar surface area (TPSA) is 118 Å². The van der Waals surface area contributed by atoms with E-state index in [1.54, 1.807) is 4.68 Å². The molecule has 0 atom stereocenters. The van der Waals surface area contributed by atoms with Gasteiger partial charge in [-0.1, -0.05) is 36.4 Å². The van der Waals surface area contributed by atoms with E-state index in [9.17, 15) is 10.4 Å². The molecule has 1 N–H and O–H groups in total. The first-order valence-corrected chi connectivity index (χ1v) is 10.4. The molecule has 1 aliphatic heterocycles. The summed E-state index contributed by atoms with van der Waals surface area (Å²) in [5, 5.41) is 41.1. The molecule has 3 heterocycles. The molecule has 3 aromatic rings. The van der Waals surface area contributed by atoms with Crippen LogP contribution in [0.15, 0.2) is 35.2 Å². The number of aliphatic hydroxyl groups is 1. The number of nitrogens with zero attached hydrogens (tertiary/aromatic N) is 8. The molecule has 0 saturated heterocycles. The monoisotopic (exact) mass is 408 g/mol. The lowest BCUT2D eigenvalue weighted by Crippen LogP contribution is -2.07. The first kappa shape index (κ1) is 19.1. The minimum absolute atomic E-state index is 0.0590. The number of aryl methyl sites for hydroxylation is 2. The Kier molecular flexibility index (Phi) is 5.57. The highest BCUT2D eigenvalue weighted by Gasteiger charge is 2.21. The number of nitriles is 1. The zero-order chi connectivity index (χ0) is 20.2. The van der Waals surface area contributed by atoms with Gasteiger partial charge in [-0.15, -0.1) is 15.3 Å². The number of tetrazole rings is 1. The molecule has 0 unspecified atom stereocenters. The van der Waals surface area contributed by atoms with Crippen LogP contribution in [0.5, 0.6) is 0 Å². The maximum absolute atomic E-state index is 10.6. The highest BCUT2D eigenvalue weighted by atomic mass is 32.2. The lowest BCUT2D eigenvalue weighted by molar-refractivity contribution is 0.419. The molecule has 0 spiro atoms. The second kappa shape index (κ2) is 8.45. The number of aromatic nitrogens is 7. The molecule has 29 heavy (non-hydrogen) atoms. The number of thioether (sulfide) groups is 1. The Hall–Kier alpha value is -3.19. The number of rotatable bonds is 5. The molecule has 1 aromatic carbocycles. The maximum atomic E-state index is 10.6. The second-order valence-corrected chi connectivity index (χ2v) is 7.73. The number of aliphatic hydroxyl groups excluding tert-OH is 1. The van der Waals surface area contributed by atoms with Crippen LogP contribution in [0.4, 0.5) is 0 Å². The van der Waals surface area contributed by atoms with E-state index in [4.69, 9.17) is 0 Å². The number of allylic oxidation sites excluding steroid dienone is 1. The number of hydrogen-bond donors (Lipinski definition) is 1. The predicted molar refractivity (Wildman–Crippen MR) is 107 cm³/mol. The Morgan fingerprint density at radius 3 is 2.90 bits per heavy atom. The summed E-state index contributed by atoms with van der Waals surface area (Å²) in [7, 11) is 0. The molecule has 4 rings (SSSR count). The molecule has 9 nitrogen and oxygen atoms in total. The fraction of sp³-hybridized carbons (Fsp3) is 0.368. The van der Waals surface area contributed by atoms with Crippen molar-refractivity contribution in [2.45, 2.75) is 44.3 Å². The van der Waals surface area contributed by atoms with Gasteiger partial charge in [-0.05, 0) is 41.8 Å². The quantitative estimate of drug-likeness (QED) is 0.389. The fourth-order valence-corrected chi connectivity index (χ4v) is 4.10. The number of hydrogen-bond acceptors (Lipinski definition) is 8. The summed E-state index contributed by atoms with van der Waals surface area (Å²) in [5.41, 5.74) is 2.05. The van der Waals surface area contributed by atoms with Crippen LogP contribution in [0.1, 0.15) is 36.5 Å². The SMILES string of the molecule is Cc1ccccc1-n1nnnc1SC/C(O)=C(\C#N)c1nnc2n1CCCCC2. The fourth-order valence-electron chi connectivity index (χ4n) is 3.34. The van der Waals surface area contributed by atoms with Gasteiger partial charge in [-0.3, -0.25) is 0 Å². The van der Waals surface area contributed by atoms with Crippen LogP contribution in [-0.2, 0) is 13.0 Å². The van der Waals surface area contributed by atoms with Crippen molar-refractivity contribution in [2.75, 3.05) is 5.75 Å². The van der Waals surface area contributed by atoms with E-state index in [0.717, 1.165) is 49.3 Å². The third kappa shape index (κ3) is 3.86. The van der Waals surface area contributed by atoms with E-state index >= 15 is 0 Å². The standard InChI is InChI=1S/C19H20N8OS/c1-13-7-4-5-8-15(13)27-19(23-24-25-27)29-12-16(28)14(11-20)18-22-21-17-9-3-2-6-10-26(17)18/h4-5,7-8,28H,2-3,6,9-10,12H2,1H3/b16-14-. The number of para-hydroxylation sites is 1. The summed E-state index contributed by atoms with van der Waals surface area (Å²) >= 11 is 1.26. The zero-order valence-corrected chi connectivity index (χ0v) is 16.8. The van der Waals surface area contributed by atoms with Crippen LogP contribution >= 0.6 is 11.8 Å². The van der Waals surface area contributed by atoms with Gasteiger partial charge in [0.15, 0.2) is 5.82 Å².